The van der Waals surface area contributed by atoms with Crippen LogP contribution in [0.1, 0.15) is 11.1 Å². The Morgan fingerprint density at radius 3 is 2.43 bits per heavy atom. The highest BCUT2D eigenvalue weighted by atomic mass is 35.5. The number of aromatic nitrogens is 2. The number of nitrogens with one attached hydrogen (secondary N) is 1. The van der Waals surface area contributed by atoms with Gasteiger partial charge >= 0.3 is 0 Å². The predicted octanol–water partition coefficient (Wildman–Crippen LogP) is 3.70. The molecule has 1 heterocycles. The molecule has 0 atom stereocenters. The molecule has 0 aliphatic carbocycles. The van der Waals surface area contributed by atoms with Crippen molar-refractivity contribution in [3.63, 3.8) is 0 Å². The fourth-order valence-corrected chi connectivity index (χ4v) is 3.76. The Kier molecular flexibility index (Phi) is 3.95. The SMILES string of the molecule is Cc1c(Cl)nnc(NS(=O)(=O)c2cccc3ccccc23)c1C. The minimum atomic E-state index is -3.79. The van der Waals surface area contributed by atoms with E-state index in [1.807, 2.05) is 18.2 Å². The topological polar surface area (TPSA) is 72.0 Å². The van der Waals surface area contributed by atoms with Crippen LogP contribution in [0.3, 0.4) is 0 Å². The Hall–Kier alpha value is -2.18. The van der Waals surface area contributed by atoms with Crippen molar-refractivity contribution in [1.29, 1.82) is 0 Å². The van der Waals surface area contributed by atoms with E-state index in [1.54, 1.807) is 38.1 Å². The summed E-state index contributed by atoms with van der Waals surface area (Å²) in [7, 11) is -3.79. The van der Waals surface area contributed by atoms with Crippen molar-refractivity contribution in [1.82, 2.24) is 10.2 Å². The molecule has 0 saturated heterocycles. The maximum Gasteiger partial charge on any atom is 0.263 e. The van der Waals surface area contributed by atoms with Gasteiger partial charge in [0.25, 0.3) is 10.0 Å². The van der Waals surface area contributed by atoms with E-state index in [9.17, 15) is 8.42 Å². The molecular formula is C16H14ClN3O2S. The van der Waals surface area contributed by atoms with Crippen LogP contribution in [-0.4, -0.2) is 18.6 Å². The fraction of sp³-hybridized carbons (Fsp3) is 0.125. The van der Waals surface area contributed by atoms with Gasteiger partial charge in [-0.1, -0.05) is 48.0 Å². The highest BCUT2D eigenvalue weighted by Gasteiger charge is 2.20. The van der Waals surface area contributed by atoms with Crippen LogP contribution in [0.2, 0.25) is 5.15 Å². The van der Waals surface area contributed by atoms with E-state index in [0.29, 0.717) is 16.5 Å². The molecule has 0 saturated carbocycles. The second-order valence-electron chi connectivity index (χ2n) is 5.17. The zero-order chi connectivity index (χ0) is 16.6. The van der Waals surface area contributed by atoms with Crippen molar-refractivity contribution in [2.75, 3.05) is 4.72 Å². The Morgan fingerprint density at radius 1 is 0.957 bits per heavy atom. The van der Waals surface area contributed by atoms with Crippen LogP contribution in [0.4, 0.5) is 5.82 Å². The molecule has 0 aliphatic rings. The molecule has 3 aromatic rings. The summed E-state index contributed by atoms with van der Waals surface area (Å²) in [5.41, 5.74) is 1.34. The van der Waals surface area contributed by atoms with Crippen molar-refractivity contribution in [2.24, 2.45) is 0 Å². The average Bonchev–Trinajstić information content (AvgIpc) is 2.55. The summed E-state index contributed by atoms with van der Waals surface area (Å²) < 4.78 is 28.0. The molecule has 0 unspecified atom stereocenters. The normalized spacial score (nSPS) is 11.6. The first-order chi connectivity index (χ1) is 10.9. The molecular weight excluding hydrogens is 334 g/mol. The van der Waals surface area contributed by atoms with Crippen molar-refractivity contribution in [2.45, 2.75) is 18.7 Å². The third-order valence-corrected chi connectivity index (χ3v) is 5.49. The summed E-state index contributed by atoms with van der Waals surface area (Å²) in [6, 6.07) is 12.5. The number of halogens is 1. The smallest absolute Gasteiger partial charge is 0.262 e. The van der Waals surface area contributed by atoms with Gasteiger partial charge < -0.3 is 0 Å². The average molecular weight is 348 g/mol. The van der Waals surface area contributed by atoms with E-state index in [1.165, 1.54) is 0 Å². The number of fused-ring (bicyclic) bond motifs is 1. The van der Waals surface area contributed by atoms with Crippen LogP contribution in [0.15, 0.2) is 47.4 Å². The monoisotopic (exact) mass is 347 g/mol. The molecule has 0 spiro atoms. The van der Waals surface area contributed by atoms with Gasteiger partial charge in [0.05, 0.1) is 4.90 Å². The van der Waals surface area contributed by atoms with Crippen LogP contribution in [0, 0.1) is 13.8 Å². The molecule has 0 aliphatic heterocycles. The number of sulfonamides is 1. The van der Waals surface area contributed by atoms with Crippen LogP contribution >= 0.6 is 11.6 Å². The lowest BCUT2D eigenvalue weighted by atomic mass is 10.1. The number of hydrogen-bond donors (Lipinski definition) is 1. The number of rotatable bonds is 3. The quantitative estimate of drug-likeness (QED) is 0.784. The molecule has 118 valence electrons. The predicted molar refractivity (Wildman–Crippen MR) is 91.3 cm³/mol. The summed E-state index contributed by atoms with van der Waals surface area (Å²) >= 11 is 5.90. The first-order valence-corrected chi connectivity index (χ1v) is 8.76. The second-order valence-corrected chi connectivity index (χ2v) is 7.18. The second kappa shape index (κ2) is 5.79. The minimum absolute atomic E-state index is 0.180. The summed E-state index contributed by atoms with van der Waals surface area (Å²) in [6.07, 6.45) is 0. The lowest BCUT2D eigenvalue weighted by Crippen LogP contribution is -2.16. The van der Waals surface area contributed by atoms with E-state index >= 15 is 0 Å². The van der Waals surface area contributed by atoms with E-state index in [4.69, 9.17) is 11.6 Å². The van der Waals surface area contributed by atoms with E-state index < -0.39 is 10.0 Å². The van der Waals surface area contributed by atoms with Gasteiger partial charge in [-0.3, -0.25) is 4.72 Å². The van der Waals surface area contributed by atoms with Gasteiger partial charge in [-0.15, -0.1) is 10.2 Å². The van der Waals surface area contributed by atoms with Gasteiger partial charge in [0.2, 0.25) is 0 Å². The summed E-state index contributed by atoms with van der Waals surface area (Å²) in [5.74, 6) is 0.180. The number of anilines is 1. The van der Waals surface area contributed by atoms with Gasteiger partial charge in [0.1, 0.15) is 0 Å². The van der Waals surface area contributed by atoms with Crippen LogP contribution in [-0.2, 0) is 10.0 Å². The first-order valence-electron chi connectivity index (χ1n) is 6.90. The highest BCUT2D eigenvalue weighted by molar-refractivity contribution is 7.93. The van der Waals surface area contributed by atoms with Crippen molar-refractivity contribution >= 4 is 38.2 Å². The van der Waals surface area contributed by atoms with Gasteiger partial charge in [-0.2, -0.15) is 0 Å². The third-order valence-electron chi connectivity index (χ3n) is 3.74. The van der Waals surface area contributed by atoms with Crippen molar-refractivity contribution < 1.29 is 8.42 Å². The van der Waals surface area contributed by atoms with Crippen LogP contribution < -0.4 is 4.72 Å². The largest absolute Gasteiger partial charge is 0.263 e. The Balaban J connectivity index is 2.10. The molecule has 5 nitrogen and oxygen atoms in total. The van der Waals surface area contributed by atoms with Gasteiger partial charge in [0.15, 0.2) is 11.0 Å². The highest BCUT2D eigenvalue weighted by Crippen LogP contribution is 2.26. The number of hydrogen-bond acceptors (Lipinski definition) is 4. The number of nitrogens with zero attached hydrogens (tertiary/aromatic N) is 2. The third kappa shape index (κ3) is 2.87. The molecule has 0 radical (unpaired) electrons. The van der Waals surface area contributed by atoms with Gasteiger partial charge in [-0.25, -0.2) is 8.42 Å². The van der Waals surface area contributed by atoms with Crippen molar-refractivity contribution in [3.8, 4) is 0 Å². The summed E-state index contributed by atoms with van der Waals surface area (Å²) in [5, 5.41) is 9.39. The molecule has 1 N–H and O–H groups in total. The standard InChI is InChI=1S/C16H14ClN3O2S/c1-10-11(2)16(19-18-15(10)17)20-23(21,22)14-9-5-7-12-6-3-4-8-13(12)14/h3-9H,1-2H3,(H,19,20). The minimum Gasteiger partial charge on any atom is -0.262 e. The first kappa shape index (κ1) is 15.7. The maximum absolute atomic E-state index is 12.8. The van der Waals surface area contributed by atoms with E-state index in [2.05, 4.69) is 14.9 Å². The fourth-order valence-electron chi connectivity index (χ4n) is 2.29. The zero-order valence-electron chi connectivity index (χ0n) is 12.5. The molecule has 1 aromatic heterocycles. The molecule has 0 bridgehead atoms. The molecule has 3 rings (SSSR count). The van der Waals surface area contributed by atoms with Crippen molar-refractivity contribution in [3.05, 3.63) is 58.7 Å². The molecule has 0 amide bonds. The van der Waals surface area contributed by atoms with E-state index in [-0.39, 0.29) is 15.9 Å². The summed E-state index contributed by atoms with van der Waals surface area (Å²) in [6.45, 7) is 3.51. The van der Waals surface area contributed by atoms with Crippen LogP contribution in [0.5, 0.6) is 0 Å². The molecule has 0 fully saturated rings. The Bertz CT molecular complexity index is 998. The van der Waals surface area contributed by atoms with Gasteiger partial charge in [-0.05, 0) is 30.9 Å². The Morgan fingerprint density at radius 2 is 1.65 bits per heavy atom. The molecule has 23 heavy (non-hydrogen) atoms. The number of benzene rings is 2. The lowest BCUT2D eigenvalue weighted by molar-refractivity contribution is 0.601. The molecule has 2 aromatic carbocycles. The maximum atomic E-state index is 12.8. The zero-order valence-corrected chi connectivity index (χ0v) is 14.1. The summed E-state index contributed by atoms with van der Waals surface area (Å²) in [4.78, 5) is 0.199. The molecule has 7 heteroatoms. The van der Waals surface area contributed by atoms with Crippen LogP contribution in [0.25, 0.3) is 10.8 Å². The lowest BCUT2D eigenvalue weighted by Gasteiger charge is -2.12. The van der Waals surface area contributed by atoms with Gasteiger partial charge in [0, 0.05) is 10.9 Å². The Labute approximate surface area is 139 Å². The van der Waals surface area contributed by atoms with E-state index in [0.717, 1.165) is 5.39 Å².